The van der Waals surface area contributed by atoms with Gasteiger partial charge in [0.25, 0.3) is 0 Å². The van der Waals surface area contributed by atoms with Crippen LogP contribution in [0.5, 0.6) is 0 Å². The molecule has 0 aromatic rings. The molecule has 2 amide bonds. The van der Waals surface area contributed by atoms with E-state index < -0.39 is 6.04 Å². The van der Waals surface area contributed by atoms with Gasteiger partial charge in [0.1, 0.15) is 0 Å². The summed E-state index contributed by atoms with van der Waals surface area (Å²) in [6, 6.07) is -0.604. The second-order valence-corrected chi connectivity index (χ2v) is 5.76. The molecule has 4 heteroatoms. The molecule has 0 fully saturated rings. The Balaban J connectivity index is 4.50. The average molecular weight is 270 g/mol. The Labute approximate surface area is 117 Å². The van der Waals surface area contributed by atoms with E-state index in [1.807, 2.05) is 27.7 Å². The number of imide groups is 1. The standard InChI is InChI=1S/C15H30N2O2/c1-6-8-9-12(10(3)4)14(18)17-15(19)13(16)11(5)7-2/h10-13H,6-9,16H2,1-5H3,(H,17,18,19)/t11-,12-,13-/m0/s1. The molecule has 0 saturated carbocycles. The van der Waals surface area contributed by atoms with Gasteiger partial charge in [0.05, 0.1) is 6.04 Å². The first-order valence-corrected chi connectivity index (χ1v) is 7.45. The number of hydrogen-bond donors (Lipinski definition) is 2. The van der Waals surface area contributed by atoms with Crippen molar-refractivity contribution < 1.29 is 9.59 Å². The van der Waals surface area contributed by atoms with Gasteiger partial charge in [-0.3, -0.25) is 14.9 Å². The summed E-state index contributed by atoms with van der Waals surface area (Å²) in [5.74, 6) is -0.304. The van der Waals surface area contributed by atoms with E-state index in [2.05, 4.69) is 12.2 Å². The molecule has 0 rings (SSSR count). The molecule has 0 bridgehead atoms. The van der Waals surface area contributed by atoms with Crippen LogP contribution in [0.1, 0.15) is 60.3 Å². The lowest BCUT2D eigenvalue weighted by molar-refractivity contribution is -0.135. The van der Waals surface area contributed by atoms with Crippen LogP contribution < -0.4 is 11.1 Å². The number of nitrogens with one attached hydrogen (secondary N) is 1. The summed E-state index contributed by atoms with van der Waals surface area (Å²) in [6.45, 7) is 10.0. The van der Waals surface area contributed by atoms with Crippen LogP contribution in [0.15, 0.2) is 0 Å². The Kier molecular flexibility index (Phi) is 8.65. The van der Waals surface area contributed by atoms with Gasteiger partial charge < -0.3 is 5.73 Å². The second-order valence-electron chi connectivity index (χ2n) is 5.76. The maximum Gasteiger partial charge on any atom is 0.243 e. The highest BCUT2D eigenvalue weighted by molar-refractivity contribution is 5.98. The fourth-order valence-electron chi connectivity index (χ4n) is 2.00. The van der Waals surface area contributed by atoms with Crippen LogP contribution in [0.4, 0.5) is 0 Å². The first-order chi connectivity index (χ1) is 8.84. The van der Waals surface area contributed by atoms with Gasteiger partial charge in [0.15, 0.2) is 0 Å². The molecular weight excluding hydrogens is 240 g/mol. The summed E-state index contributed by atoms with van der Waals surface area (Å²) in [4.78, 5) is 24.0. The summed E-state index contributed by atoms with van der Waals surface area (Å²) in [7, 11) is 0. The highest BCUT2D eigenvalue weighted by Crippen LogP contribution is 2.18. The van der Waals surface area contributed by atoms with E-state index in [0.717, 1.165) is 25.7 Å². The van der Waals surface area contributed by atoms with Crippen LogP contribution in [-0.4, -0.2) is 17.9 Å². The molecule has 19 heavy (non-hydrogen) atoms. The fourth-order valence-corrected chi connectivity index (χ4v) is 2.00. The van der Waals surface area contributed by atoms with Crippen molar-refractivity contribution in [1.29, 1.82) is 0 Å². The molecular formula is C15H30N2O2. The van der Waals surface area contributed by atoms with Gasteiger partial charge in [0.2, 0.25) is 11.8 Å². The molecule has 0 heterocycles. The molecule has 3 atom stereocenters. The van der Waals surface area contributed by atoms with Gasteiger partial charge >= 0.3 is 0 Å². The van der Waals surface area contributed by atoms with E-state index in [1.165, 1.54) is 0 Å². The molecule has 0 aliphatic carbocycles. The van der Waals surface area contributed by atoms with Crippen molar-refractivity contribution in [3.8, 4) is 0 Å². The first-order valence-electron chi connectivity index (χ1n) is 7.45. The van der Waals surface area contributed by atoms with E-state index in [0.29, 0.717) is 0 Å². The van der Waals surface area contributed by atoms with Gasteiger partial charge in [0, 0.05) is 5.92 Å². The zero-order chi connectivity index (χ0) is 15.0. The Bertz CT molecular complexity index is 290. The third-order valence-electron chi connectivity index (χ3n) is 3.82. The summed E-state index contributed by atoms with van der Waals surface area (Å²) in [5, 5.41) is 2.48. The predicted molar refractivity (Wildman–Crippen MR) is 78.4 cm³/mol. The van der Waals surface area contributed by atoms with Crippen molar-refractivity contribution in [1.82, 2.24) is 5.32 Å². The Morgan fingerprint density at radius 2 is 1.68 bits per heavy atom. The molecule has 4 nitrogen and oxygen atoms in total. The molecule has 0 radical (unpaired) electrons. The smallest absolute Gasteiger partial charge is 0.243 e. The monoisotopic (exact) mass is 270 g/mol. The van der Waals surface area contributed by atoms with Crippen molar-refractivity contribution >= 4 is 11.8 Å². The normalized spacial score (nSPS) is 15.9. The number of carbonyl (C=O) groups is 2. The molecule has 0 aliphatic heterocycles. The molecule has 0 unspecified atom stereocenters. The molecule has 0 spiro atoms. The van der Waals surface area contributed by atoms with Gasteiger partial charge in [-0.1, -0.05) is 53.9 Å². The van der Waals surface area contributed by atoms with Gasteiger partial charge in [-0.2, -0.15) is 0 Å². The van der Waals surface area contributed by atoms with Gasteiger partial charge in [-0.25, -0.2) is 0 Å². The number of unbranched alkanes of at least 4 members (excludes halogenated alkanes) is 1. The summed E-state index contributed by atoms with van der Waals surface area (Å²) in [5.41, 5.74) is 5.83. The summed E-state index contributed by atoms with van der Waals surface area (Å²) in [6.07, 6.45) is 3.71. The quantitative estimate of drug-likeness (QED) is 0.711. The maximum atomic E-state index is 12.1. The number of rotatable bonds is 8. The van der Waals surface area contributed by atoms with Crippen LogP contribution in [0.25, 0.3) is 0 Å². The van der Waals surface area contributed by atoms with Crippen molar-refractivity contribution in [3.05, 3.63) is 0 Å². The molecule has 0 aromatic carbocycles. The molecule has 0 saturated heterocycles. The minimum Gasteiger partial charge on any atom is -0.320 e. The molecule has 0 aromatic heterocycles. The first kappa shape index (κ1) is 18.1. The third kappa shape index (κ3) is 6.19. The van der Waals surface area contributed by atoms with Crippen LogP contribution >= 0.6 is 0 Å². The zero-order valence-corrected chi connectivity index (χ0v) is 13.0. The van der Waals surface area contributed by atoms with E-state index in [1.54, 1.807) is 0 Å². The zero-order valence-electron chi connectivity index (χ0n) is 13.0. The Morgan fingerprint density at radius 1 is 1.11 bits per heavy atom. The van der Waals surface area contributed by atoms with Gasteiger partial charge in [-0.15, -0.1) is 0 Å². The molecule has 3 N–H and O–H groups in total. The average Bonchev–Trinajstić information content (AvgIpc) is 2.36. The Morgan fingerprint density at radius 3 is 2.11 bits per heavy atom. The van der Waals surface area contributed by atoms with E-state index >= 15 is 0 Å². The lowest BCUT2D eigenvalue weighted by atomic mass is 9.89. The van der Waals surface area contributed by atoms with Crippen LogP contribution in [0, 0.1) is 17.8 Å². The number of nitrogens with two attached hydrogens (primary N) is 1. The largest absolute Gasteiger partial charge is 0.320 e. The third-order valence-corrected chi connectivity index (χ3v) is 3.82. The highest BCUT2D eigenvalue weighted by atomic mass is 16.2. The van der Waals surface area contributed by atoms with E-state index in [9.17, 15) is 9.59 Å². The summed E-state index contributed by atoms with van der Waals surface area (Å²) < 4.78 is 0. The predicted octanol–water partition coefficient (Wildman–Crippen LogP) is 2.46. The number of carbonyl (C=O) groups excluding carboxylic acids is 2. The second kappa shape index (κ2) is 9.08. The lowest BCUT2D eigenvalue weighted by Gasteiger charge is -2.22. The van der Waals surface area contributed by atoms with E-state index in [-0.39, 0.29) is 29.6 Å². The van der Waals surface area contributed by atoms with Crippen LogP contribution in [0.3, 0.4) is 0 Å². The van der Waals surface area contributed by atoms with Crippen molar-refractivity contribution in [3.63, 3.8) is 0 Å². The topological polar surface area (TPSA) is 72.2 Å². The fraction of sp³-hybridized carbons (Fsp3) is 0.867. The van der Waals surface area contributed by atoms with Crippen LogP contribution in [0.2, 0.25) is 0 Å². The molecule has 0 aliphatic rings. The lowest BCUT2D eigenvalue weighted by Crippen LogP contribution is -2.49. The van der Waals surface area contributed by atoms with Crippen LogP contribution in [-0.2, 0) is 9.59 Å². The van der Waals surface area contributed by atoms with E-state index in [4.69, 9.17) is 5.73 Å². The van der Waals surface area contributed by atoms with Crippen molar-refractivity contribution in [2.45, 2.75) is 66.3 Å². The SMILES string of the molecule is CCCC[C@H](C(=O)NC(=O)[C@@H](N)[C@@H](C)CC)C(C)C. The van der Waals surface area contributed by atoms with Gasteiger partial charge in [-0.05, 0) is 18.3 Å². The number of amides is 2. The maximum absolute atomic E-state index is 12.1. The number of hydrogen-bond acceptors (Lipinski definition) is 3. The van der Waals surface area contributed by atoms with Crippen molar-refractivity contribution in [2.75, 3.05) is 0 Å². The van der Waals surface area contributed by atoms with Crippen molar-refractivity contribution in [2.24, 2.45) is 23.5 Å². The molecule has 112 valence electrons. The highest BCUT2D eigenvalue weighted by Gasteiger charge is 2.26. The Hall–Kier alpha value is -0.900. The summed E-state index contributed by atoms with van der Waals surface area (Å²) >= 11 is 0. The minimum absolute atomic E-state index is 0.0842. The minimum atomic E-state index is -0.604.